The summed E-state index contributed by atoms with van der Waals surface area (Å²) >= 11 is 0. The lowest BCUT2D eigenvalue weighted by Crippen LogP contribution is -2.46. The van der Waals surface area contributed by atoms with Crippen LogP contribution in [0.1, 0.15) is 34.1 Å². The zero-order valence-corrected chi connectivity index (χ0v) is 12.6. The Kier molecular flexibility index (Phi) is 6.33. The summed E-state index contributed by atoms with van der Waals surface area (Å²) in [5.74, 6) is 0. The van der Waals surface area contributed by atoms with Crippen LogP contribution < -0.4 is 5.32 Å². The van der Waals surface area contributed by atoms with Gasteiger partial charge < -0.3 is 10.1 Å². The minimum atomic E-state index is 0.321. The number of rotatable bonds is 5. The molecule has 0 radical (unpaired) electrons. The van der Waals surface area contributed by atoms with Crippen LogP contribution in [0, 0.1) is 5.41 Å². The van der Waals surface area contributed by atoms with E-state index in [0.29, 0.717) is 18.1 Å². The minimum Gasteiger partial charge on any atom is -0.376 e. The van der Waals surface area contributed by atoms with Crippen LogP contribution in [0.4, 0.5) is 0 Å². The molecule has 0 spiro atoms. The van der Waals surface area contributed by atoms with Crippen LogP contribution in [0.3, 0.4) is 0 Å². The molecule has 0 aromatic carbocycles. The molecule has 3 heteroatoms. The molecular formula is C15H30N2O. The molecule has 18 heavy (non-hydrogen) atoms. The quantitative estimate of drug-likeness (QED) is 0.602. The van der Waals surface area contributed by atoms with Crippen molar-refractivity contribution in [2.24, 2.45) is 5.41 Å². The number of nitrogens with one attached hydrogen (secondary N) is 1. The Labute approximate surface area is 113 Å². The highest BCUT2D eigenvalue weighted by molar-refractivity contribution is 4.88. The van der Waals surface area contributed by atoms with Crippen LogP contribution in [-0.2, 0) is 4.74 Å². The fourth-order valence-electron chi connectivity index (χ4n) is 2.22. The smallest absolute Gasteiger partial charge is 0.0672 e. The molecule has 1 fully saturated rings. The second-order valence-corrected chi connectivity index (χ2v) is 6.54. The molecule has 1 unspecified atom stereocenters. The predicted molar refractivity (Wildman–Crippen MR) is 77.9 cm³/mol. The third-order valence-electron chi connectivity index (χ3n) is 3.43. The first-order valence-corrected chi connectivity index (χ1v) is 7.07. The van der Waals surface area contributed by atoms with Gasteiger partial charge in [-0.25, -0.2) is 0 Å². The van der Waals surface area contributed by atoms with E-state index in [2.05, 4.69) is 37.6 Å². The normalized spacial score (nSPS) is 22.8. The molecule has 1 rings (SSSR count). The zero-order valence-electron chi connectivity index (χ0n) is 12.6. The first kappa shape index (κ1) is 15.7. The van der Waals surface area contributed by atoms with Crippen molar-refractivity contribution in [2.45, 2.75) is 40.2 Å². The van der Waals surface area contributed by atoms with Gasteiger partial charge in [0.1, 0.15) is 0 Å². The number of hydrogen-bond donors (Lipinski definition) is 1. The van der Waals surface area contributed by atoms with E-state index in [0.717, 1.165) is 31.8 Å². The van der Waals surface area contributed by atoms with Gasteiger partial charge in [0.25, 0.3) is 0 Å². The highest BCUT2D eigenvalue weighted by Crippen LogP contribution is 2.21. The average Bonchev–Trinajstić information content (AvgIpc) is 2.48. The summed E-state index contributed by atoms with van der Waals surface area (Å²) < 4.78 is 5.60. The van der Waals surface area contributed by atoms with E-state index in [1.165, 1.54) is 13.0 Å². The van der Waals surface area contributed by atoms with Gasteiger partial charge in [-0.3, -0.25) is 4.90 Å². The predicted octanol–water partition coefficient (Wildman–Crippen LogP) is 2.29. The summed E-state index contributed by atoms with van der Waals surface area (Å²) in [5.41, 5.74) is 1.42. The Morgan fingerprint density at radius 2 is 2.17 bits per heavy atom. The van der Waals surface area contributed by atoms with Gasteiger partial charge in [0.15, 0.2) is 0 Å². The van der Waals surface area contributed by atoms with E-state index in [1.807, 2.05) is 6.92 Å². The monoisotopic (exact) mass is 254 g/mol. The van der Waals surface area contributed by atoms with Gasteiger partial charge in [0.2, 0.25) is 0 Å². The minimum absolute atomic E-state index is 0.321. The molecule has 0 aromatic rings. The summed E-state index contributed by atoms with van der Waals surface area (Å²) in [7, 11) is 0. The van der Waals surface area contributed by atoms with Crippen LogP contribution in [-0.4, -0.2) is 50.3 Å². The van der Waals surface area contributed by atoms with Crippen LogP contribution in [0.25, 0.3) is 0 Å². The van der Waals surface area contributed by atoms with Gasteiger partial charge in [-0.1, -0.05) is 32.9 Å². The Bertz CT molecular complexity index is 258. The molecule has 0 aromatic heterocycles. The van der Waals surface area contributed by atoms with Crippen molar-refractivity contribution in [2.75, 3.05) is 39.4 Å². The molecular weight excluding hydrogens is 224 g/mol. The Morgan fingerprint density at radius 3 is 2.78 bits per heavy atom. The van der Waals surface area contributed by atoms with E-state index >= 15 is 0 Å². The largest absolute Gasteiger partial charge is 0.376 e. The molecule has 1 N–H and O–H groups in total. The van der Waals surface area contributed by atoms with E-state index in [1.54, 1.807) is 0 Å². The highest BCUT2D eigenvalue weighted by atomic mass is 16.5. The van der Waals surface area contributed by atoms with Crippen LogP contribution in [0.5, 0.6) is 0 Å². The Hall–Kier alpha value is -0.380. The second kappa shape index (κ2) is 7.27. The molecule has 1 aliphatic rings. The first-order chi connectivity index (χ1) is 8.39. The number of nitrogens with zero attached hydrogens (tertiary/aromatic N) is 1. The fraction of sp³-hybridized carbons (Fsp3) is 0.867. The first-order valence-electron chi connectivity index (χ1n) is 7.07. The molecule has 0 amide bonds. The summed E-state index contributed by atoms with van der Waals surface area (Å²) in [5, 5.41) is 3.66. The fourth-order valence-corrected chi connectivity index (χ4v) is 2.22. The molecule has 0 aliphatic carbocycles. The highest BCUT2D eigenvalue weighted by Gasteiger charge is 2.27. The van der Waals surface area contributed by atoms with Crippen LogP contribution >= 0.6 is 0 Å². The van der Waals surface area contributed by atoms with Gasteiger partial charge in [0, 0.05) is 19.1 Å². The molecule has 1 saturated heterocycles. The van der Waals surface area contributed by atoms with Crippen LogP contribution in [0.2, 0.25) is 0 Å². The third kappa shape index (κ3) is 5.98. The third-order valence-corrected chi connectivity index (χ3v) is 3.43. The van der Waals surface area contributed by atoms with Crippen molar-refractivity contribution >= 4 is 0 Å². The van der Waals surface area contributed by atoms with Gasteiger partial charge in [-0.15, -0.1) is 0 Å². The Morgan fingerprint density at radius 1 is 1.44 bits per heavy atom. The number of ether oxygens (including phenoxy) is 1. The molecule has 1 heterocycles. The zero-order chi connectivity index (χ0) is 13.6. The SMILES string of the molecule is C=C(C)COCCN1CCCNC(C(C)(C)C)C1. The van der Waals surface area contributed by atoms with Crippen molar-refractivity contribution in [3.63, 3.8) is 0 Å². The summed E-state index contributed by atoms with van der Waals surface area (Å²) in [4.78, 5) is 2.52. The maximum absolute atomic E-state index is 5.60. The molecule has 3 nitrogen and oxygen atoms in total. The lowest BCUT2D eigenvalue weighted by atomic mass is 9.86. The number of hydrogen-bond acceptors (Lipinski definition) is 3. The van der Waals surface area contributed by atoms with Crippen molar-refractivity contribution in [1.29, 1.82) is 0 Å². The Balaban J connectivity index is 2.33. The molecule has 106 valence electrons. The van der Waals surface area contributed by atoms with Crippen molar-refractivity contribution in [1.82, 2.24) is 10.2 Å². The van der Waals surface area contributed by atoms with Crippen LogP contribution in [0.15, 0.2) is 12.2 Å². The molecule has 1 aliphatic heterocycles. The maximum Gasteiger partial charge on any atom is 0.0672 e. The summed E-state index contributed by atoms with van der Waals surface area (Å²) in [6, 6.07) is 0.571. The molecule has 0 bridgehead atoms. The molecule has 0 saturated carbocycles. The van der Waals surface area contributed by atoms with E-state index in [9.17, 15) is 0 Å². The van der Waals surface area contributed by atoms with Gasteiger partial charge in [-0.05, 0) is 31.8 Å². The van der Waals surface area contributed by atoms with Gasteiger partial charge in [-0.2, -0.15) is 0 Å². The summed E-state index contributed by atoms with van der Waals surface area (Å²) in [6.45, 7) is 18.7. The lowest BCUT2D eigenvalue weighted by Gasteiger charge is -2.33. The maximum atomic E-state index is 5.60. The van der Waals surface area contributed by atoms with Gasteiger partial charge in [0.05, 0.1) is 13.2 Å². The van der Waals surface area contributed by atoms with E-state index < -0.39 is 0 Å². The summed E-state index contributed by atoms with van der Waals surface area (Å²) in [6.07, 6.45) is 1.23. The van der Waals surface area contributed by atoms with Crippen molar-refractivity contribution < 1.29 is 4.74 Å². The second-order valence-electron chi connectivity index (χ2n) is 6.54. The van der Waals surface area contributed by atoms with Crippen molar-refractivity contribution in [3.05, 3.63) is 12.2 Å². The van der Waals surface area contributed by atoms with E-state index in [4.69, 9.17) is 4.74 Å². The lowest BCUT2D eigenvalue weighted by molar-refractivity contribution is 0.110. The van der Waals surface area contributed by atoms with E-state index in [-0.39, 0.29) is 0 Å². The van der Waals surface area contributed by atoms with Gasteiger partial charge >= 0.3 is 0 Å². The average molecular weight is 254 g/mol. The topological polar surface area (TPSA) is 24.5 Å². The molecule has 1 atom stereocenters. The standard InChI is InChI=1S/C15H30N2O/c1-13(2)12-18-10-9-17-8-6-7-16-14(11-17)15(3,4)5/h14,16H,1,6-12H2,2-5H3. The van der Waals surface area contributed by atoms with Crippen molar-refractivity contribution in [3.8, 4) is 0 Å².